The van der Waals surface area contributed by atoms with Crippen molar-refractivity contribution in [1.82, 2.24) is 4.90 Å². The molecule has 174 valence electrons. The van der Waals surface area contributed by atoms with Crippen molar-refractivity contribution in [2.24, 2.45) is 0 Å². The Kier molecular flexibility index (Phi) is 7.79. The van der Waals surface area contributed by atoms with E-state index in [4.69, 9.17) is 9.47 Å². The number of halogens is 1. The Balaban J connectivity index is 0.00000259. The molecule has 3 aromatic carbocycles. The molecule has 0 N–H and O–H groups in total. The van der Waals surface area contributed by atoms with Gasteiger partial charge in [0, 0.05) is 30.4 Å². The van der Waals surface area contributed by atoms with E-state index < -0.39 is 0 Å². The average molecular weight is 465 g/mol. The molecule has 0 saturated carbocycles. The Bertz CT molecular complexity index is 993. The van der Waals surface area contributed by atoms with Gasteiger partial charge in [0.2, 0.25) is 0 Å². The second-order valence-electron chi connectivity index (χ2n) is 8.78. The quantitative estimate of drug-likeness (QED) is 0.430. The number of ether oxygens (including phenoxy) is 2. The highest BCUT2D eigenvalue weighted by molar-refractivity contribution is 5.85. The lowest BCUT2D eigenvalue weighted by atomic mass is 9.99. The number of piperidine rings is 1. The number of nitrogens with zero attached hydrogens (tertiary/aromatic N) is 2. The molecule has 0 aliphatic carbocycles. The van der Waals surface area contributed by atoms with E-state index >= 15 is 0 Å². The molecule has 1 unspecified atom stereocenters. The van der Waals surface area contributed by atoms with Crippen molar-refractivity contribution in [3.05, 3.63) is 83.9 Å². The Morgan fingerprint density at radius 1 is 0.909 bits per heavy atom. The van der Waals surface area contributed by atoms with Crippen LogP contribution in [0.5, 0.6) is 11.5 Å². The Labute approximate surface area is 203 Å². The van der Waals surface area contributed by atoms with Crippen LogP contribution in [0.4, 0.5) is 11.4 Å². The van der Waals surface area contributed by atoms with E-state index in [1.54, 1.807) is 7.11 Å². The van der Waals surface area contributed by atoms with Gasteiger partial charge < -0.3 is 14.4 Å². The minimum atomic E-state index is 0. The molecule has 0 bridgehead atoms. The van der Waals surface area contributed by atoms with Gasteiger partial charge in [-0.3, -0.25) is 4.90 Å². The van der Waals surface area contributed by atoms with Gasteiger partial charge in [0.05, 0.1) is 12.8 Å². The van der Waals surface area contributed by atoms with E-state index in [0.717, 1.165) is 31.0 Å². The van der Waals surface area contributed by atoms with Crippen molar-refractivity contribution in [2.75, 3.05) is 31.6 Å². The number of rotatable bonds is 6. The fraction of sp³-hybridized carbons (Fsp3) is 0.357. The van der Waals surface area contributed by atoms with Crippen LogP contribution in [-0.2, 0) is 13.0 Å². The third kappa shape index (κ3) is 5.29. The van der Waals surface area contributed by atoms with Crippen LogP contribution in [0.15, 0.2) is 72.8 Å². The maximum atomic E-state index is 6.18. The van der Waals surface area contributed by atoms with Crippen molar-refractivity contribution in [3.63, 3.8) is 0 Å². The van der Waals surface area contributed by atoms with Gasteiger partial charge >= 0.3 is 0 Å². The van der Waals surface area contributed by atoms with Crippen LogP contribution < -0.4 is 14.4 Å². The number of fused-ring (bicyclic) bond motifs is 2. The third-order valence-corrected chi connectivity index (χ3v) is 6.81. The lowest BCUT2D eigenvalue weighted by molar-refractivity contribution is 0.154. The third-order valence-electron chi connectivity index (χ3n) is 6.81. The Morgan fingerprint density at radius 2 is 1.67 bits per heavy atom. The summed E-state index contributed by atoms with van der Waals surface area (Å²) < 4.78 is 11.5. The summed E-state index contributed by atoms with van der Waals surface area (Å²) in [5.41, 5.74) is 5.08. The highest BCUT2D eigenvalue weighted by Gasteiger charge is 2.28. The van der Waals surface area contributed by atoms with Crippen LogP contribution in [0.3, 0.4) is 0 Å². The Hall–Kier alpha value is -2.69. The molecule has 3 aromatic rings. The molecule has 0 amide bonds. The van der Waals surface area contributed by atoms with E-state index in [9.17, 15) is 0 Å². The largest absolute Gasteiger partial charge is 0.497 e. The van der Waals surface area contributed by atoms with Gasteiger partial charge in [-0.15, -0.1) is 12.4 Å². The monoisotopic (exact) mass is 464 g/mol. The molecule has 4 nitrogen and oxygen atoms in total. The zero-order valence-corrected chi connectivity index (χ0v) is 20.1. The number of anilines is 2. The van der Waals surface area contributed by atoms with E-state index in [1.165, 1.54) is 48.3 Å². The van der Waals surface area contributed by atoms with Crippen LogP contribution in [-0.4, -0.2) is 37.7 Å². The molecule has 0 radical (unpaired) electrons. The second kappa shape index (κ2) is 11.0. The van der Waals surface area contributed by atoms with Crippen LogP contribution in [0.2, 0.25) is 0 Å². The number of hydrogen-bond donors (Lipinski definition) is 0. The van der Waals surface area contributed by atoms with E-state index in [2.05, 4.69) is 82.6 Å². The predicted molar refractivity (Wildman–Crippen MR) is 137 cm³/mol. The van der Waals surface area contributed by atoms with Crippen molar-refractivity contribution in [2.45, 2.75) is 38.3 Å². The number of methoxy groups -OCH3 is 1. The predicted octanol–water partition coefficient (Wildman–Crippen LogP) is 6.24. The standard InChI is InChI=1S/C28H32N2O2.ClH/c1-31-25-15-13-22(14-16-25)17-19-29-18-7-6-9-24(29)20-30-26-10-3-2-8-23(26)21-32-28-12-5-4-11-27(28)30;/h2-5,8,10-16,24H,6-7,9,17-21H2,1H3;1H. The molecule has 2 heterocycles. The summed E-state index contributed by atoms with van der Waals surface area (Å²) in [5.74, 6) is 1.90. The first-order valence-corrected chi connectivity index (χ1v) is 11.8. The fourth-order valence-electron chi connectivity index (χ4n) is 5.02. The van der Waals surface area contributed by atoms with Gasteiger partial charge in [-0.25, -0.2) is 0 Å². The van der Waals surface area contributed by atoms with Crippen LogP contribution in [0, 0.1) is 0 Å². The summed E-state index contributed by atoms with van der Waals surface area (Å²) in [6, 6.07) is 26.2. The molecule has 2 aliphatic rings. The first-order valence-electron chi connectivity index (χ1n) is 11.8. The molecular formula is C28H33ClN2O2. The smallest absolute Gasteiger partial charge is 0.143 e. The summed E-state index contributed by atoms with van der Waals surface area (Å²) in [4.78, 5) is 5.19. The number of likely N-dealkylation sites (tertiary alicyclic amines) is 1. The highest BCUT2D eigenvalue weighted by Crippen LogP contribution is 2.40. The minimum absolute atomic E-state index is 0. The van der Waals surface area contributed by atoms with Gasteiger partial charge in [0.25, 0.3) is 0 Å². The second-order valence-corrected chi connectivity index (χ2v) is 8.78. The van der Waals surface area contributed by atoms with E-state index in [-0.39, 0.29) is 12.4 Å². The lowest BCUT2D eigenvalue weighted by Gasteiger charge is -2.39. The SMILES string of the molecule is COc1ccc(CCN2CCCCC2CN2c3ccccc3COc3ccccc32)cc1.Cl. The summed E-state index contributed by atoms with van der Waals surface area (Å²) in [6.07, 6.45) is 4.90. The minimum Gasteiger partial charge on any atom is -0.497 e. The van der Waals surface area contributed by atoms with Crippen LogP contribution >= 0.6 is 12.4 Å². The summed E-state index contributed by atoms with van der Waals surface area (Å²) in [5, 5.41) is 0. The first-order chi connectivity index (χ1) is 15.8. The molecule has 5 rings (SSSR count). The molecule has 0 spiro atoms. The fourth-order valence-corrected chi connectivity index (χ4v) is 5.02. The molecule has 1 fully saturated rings. The highest BCUT2D eigenvalue weighted by atomic mass is 35.5. The zero-order chi connectivity index (χ0) is 21.8. The lowest BCUT2D eigenvalue weighted by Crippen LogP contribution is -2.46. The first kappa shape index (κ1) is 23.5. The van der Waals surface area contributed by atoms with Crippen molar-refractivity contribution in [3.8, 4) is 11.5 Å². The topological polar surface area (TPSA) is 24.9 Å². The molecular weight excluding hydrogens is 432 g/mol. The normalized spacial score (nSPS) is 17.7. The summed E-state index contributed by atoms with van der Waals surface area (Å²) >= 11 is 0. The van der Waals surface area contributed by atoms with Gasteiger partial charge in [-0.05, 0) is 61.7 Å². The molecule has 2 aliphatic heterocycles. The summed E-state index contributed by atoms with van der Waals surface area (Å²) in [7, 11) is 1.72. The van der Waals surface area contributed by atoms with E-state index in [0.29, 0.717) is 12.6 Å². The Morgan fingerprint density at radius 3 is 2.48 bits per heavy atom. The molecule has 0 aromatic heterocycles. The van der Waals surface area contributed by atoms with Crippen molar-refractivity contribution < 1.29 is 9.47 Å². The maximum absolute atomic E-state index is 6.18. The molecule has 1 saturated heterocycles. The van der Waals surface area contributed by atoms with Gasteiger partial charge in [0.1, 0.15) is 18.1 Å². The van der Waals surface area contributed by atoms with E-state index in [1.807, 2.05) is 0 Å². The van der Waals surface area contributed by atoms with Crippen LogP contribution in [0.25, 0.3) is 0 Å². The van der Waals surface area contributed by atoms with Crippen molar-refractivity contribution >= 4 is 23.8 Å². The number of para-hydroxylation sites is 3. The van der Waals surface area contributed by atoms with Crippen LogP contribution in [0.1, 0.15) is 30.4 Å². The zero-order valence-electron chi connectivity index (χ0n) is 19.3. The number of hydrogen-bond acceptors (Lipinski definition) is 4. The summed E-state index contributed by atoms with van der Waals surface area (Å²) in [6.45, 7) is 3.87. The molecule has 33 heavy (non-hydrogen) atoms. The van der Waals surface area contributed by atoms with Gasteiger partial charge in [-0.2, -0.15) is 0 Å². The number of benzene rings is 3. The van der Waals surface area contributed by atoms with Gasteiger partial charge in [0.15, 0.2) is 0 Å². The van der Waals surface area contributed by atoms with Crippen molar-refractivity contribution in [1.29, 1.82) is 0 Å². The molecule has 5 heteroatoms. The molecule has 1 atom stereocenters. The maximum Gasteiger partial charge on any atom is 0.143 e. The van der Waals surface area contributed by atoms with Gasteiger partial charge in [-0.1, -0.05) is 48.9 Å². The average Bonchev–Trinajstić information content (AvgIpc) is 3.01.